The average Bonchev–Trinajstić information content (AvgIpc) is 3.30. The van der Waals surface area contributed by atoms with Crippen molar-refractivity contribution in [1.29, 1.82) is 5.26 Å². The fourth-order valence-electron chi connectivity index (χ4n) is 4.02. The maximum atomic E-state index is 8.94. The second kappa shape index (κ2) is 11.2. The number of nitrogens with one attached hydrogen (secondary N) is 1. The zero-order valence-electron chi connectivity index (χ0n) is 19.5. The molecule has 3 aromatic heterocycles. The maximum absolute atomic E-state index is 8.94. The molecule has 36 heavy (non-hydrogen) atoms. The lowest BCUT2D eigenvalue weighted by Gasteiger charge is -2.25. The van der Waals surface area contributed by atoms with Gasteiger partial charge in [-0.3, -0.25) is 9.88 Å². The Morgan fingerprint density at radius 2 is 1.94 bits per heavy atom. The Balaban J connectivity index is 1.38. The number of morpholine rings is 1. The molecule has 11 heteroatoms. The van der Waals surface area contributed by atoms with Crippen LogP contribution in [-0.2, 0) is 17.7 Å². The lowest BCUT2D eigenvalue weighted by atomic mass is 10.1. The number of anilines is 1. The number of nitrogens with zero attached hydrogens (tertiary/aromatic N) is 7. The Hall–Kier alpha value is -3.29. The van der Waals surface area contributed by atoms with Crippen LogP contribution >= 0.6 is 23.2 Å². The zero-order valence-corrected chi connectivity index (χ0v) is 21.0. The first-order valence-electron chi connectivity index (χ1n) is 11.7. The number of aryl methyl sites for hydroxylation is 1. The molecule has 0 atom stereocenters. The molecule has 9 nitrogen and oxygen atoms in total. The van der Waals surface area contributed by atoms with E-state index in [2.05, 4.69) is 21.3 Å². The minimum atomic E-state index is 0.519. The van der Waals surface area contributed by atoms with Gasteiger partial charge in [-0.05, 0) is 43.2 Å². The molecule has 184 valence electrons. The molecule has 4 aromatic rings. The van der Waals surface area contributed by atoms with Crippen molar-refractivity contribution in [3.8, 4) is 17.3 Å². The molecule has 1 saturated heterocycles. The van der Waals surface area contributed by atoms with Gasteiger partial charge < -0.3 is 10.1 Å². The van der Waals surface area contributed by atoms with Crippen LogP contribution in [0.2, 0.25) is 10.0 Å². The van der Waals surface area contributed by atoms with E-state index in [1.807, 2.05) is 18.2 Å². The van der Waals surface area contributed by atoms with Crippen LogP contribution in [-0.4, -0.2) is 62.3 Å². The van der Waals surface area contributed by atoms with Crippen LogP contribution in [0.3, 0.4) is 0 Å². The monoisotopic (exact) mass is 522 g/mol. The van der Waals surface area contributed by atoms with E-state index in [4.69, 9.17) is 48.3 Å². The summed E-state index contributed by atoms with van der Waals surface area (Å²) in [6, 6.07) is 13.0. The van der Waals surface area contributed by atoms with Gasteiger partial charge in [-0.1, -0.05) is 23.2 Å². The molecule has 1 aromatic carbocycles. The number of nitriles is 1. The molecule has 1 fully saturated rings. The molecule has 1 aliphatic rings. The fourth-order valence-corrected chi connectivity index (χ4v) is 4.52. The molecule has 0 bridgehead atoms. The second-order valence-electron chi connectivity index (χ2n) is 8.46. The largest absolute Gasteiger partial charge is 0.379 e. The molecule has 5 rings (SSSR count). The second-order valence-corrected chi connectivity index (χ2v) is 9.30. The molecule has 0 amide bonds. The first kappa shape index (κ1) is 24.4. The molecule has 0 radical (unpaired) electrons. The number of pyridine rings is 1. The van der Waals surface area contributed by atoms with Crippen molar-refractivity contribution >= 4 is 34.8 Å². The lowest BCUT2D eigenvalue weighted by molar-refractivity contribution is 0.0331. The summed E-state index contributed by atoms with van der Waals surface area (Å²) in [4.78, 5) is 16.2. The molecule has 0 saturated carbocycles. The van der Waals surface area contributed by atoms with Crippen molar-refractivity contribution in [3.05, 3.63) is 69.7 Å². The first-order valence-corrected chi connectivity index (χ1v) is 12.5. The molecular formula is C25H24Cl2N8O. The van der Waals surface area contributed by atoms with E-state index in [0.717, 1.165) is 56.2 Å². The number of halogens is 2. The van der Waals surface area contributed by atoms with Gasteiger partial charge in [0.1, 0.15) is 6.07 Å². The van der Waals surface area contributed by atoms with Crippen LogP contribution in [0.5, 0.6) is 0 Å². The van der Waals surface area contributed by atoms with Crippen LogP contribution < -0.4 is 5.32 Å². The summed E-state index contributed by atoms with van der Waals surface area (Å²) in [5.41, 5.74) is 3.63. The van der Waals surface area contributed by atoms with E-state index in [1.165, 1.54) is 0 Å². The van der Waals surface area contributed by atoms with E-state index in [9.17, 15) is 0 Å². The minimum absolute atomic E-state index is 0.519. The van der Waals surface area contributed by atoms with Gasteiger partial charge in [-0.15, -0.1) is 5.10 Å². The van der Waals surface area contributed by atoms with Crippen molar-refractivity contribution in [2.24, 2.45) is 0 Å². The Labute approximate surface area is 218 Å². The highest BCUT2D eigenvalue weighted by atomic mass is 35.5. The predicted octanol–water partition coefficient (Wildman–Crippen LogP) is 4.24. The number of benzene rings is 1. The molecule has 1 N–H and O–H groups in total. The van der Waals surface area contributed by atoms with Crippen molar-refractivity contribution < 1.29 is 4.74 Å². The van der Waals surface area contributed by atoms with Crippen molar-refractivity contribution in [3.63, 3.8) is 0 Å². The van der Waals surface area contributed by atoms with Crippen molar-refractivity contribution in [2.75, 3.05) is 38.2 Å². The van der Waals surface area contributed by atoms with Gasteiger partial charge in [0.15, 0.2) is 11.5 Å². The number of hydrogen-bond donors (Lipinski definition) is 1. The third-order valence-electron chi connectivity index (χ3n) is 5.89. The topological polar surface area (TPSA) is 104 Å². The predicted molar refractivity (Wildman–Crippen MR) is 138 cm³/mol. The standard InChI is InChI=1S/C25H24Cl2N8O/c26-18-4-6-20(21(27)12-18)22-13-24-32-23(16-34-8-10-36-11-9-34)33-35(24)25(31-22)29-7-1-2-19-5-3-17(14-28)15-30-19/h3-6,12-13,15H,1-2,7-11,16H2,(H,29,31). The highest BCUT2D eigenvalue weighted by Crippen LogP contribution is 2.30. The van der Waals surface area contributed by atoms with E-state index >= 15 is 0 Å². The van der Waals surface area contributed by atoms with Gasteiger partial charge in [-0.2, -0.15) is 9.78 Å². The number of aromatic nitrogens is 5. The Morgan fingerprint density at radius 1 is 1.08 bits per heavy atom. The van der Waals surface area contributed by atoms with E-state index in [0.29, 0.717) is 46.0 Å². The van der Waals surface area contributed by atoms with Gasteiger partial charge in [-0.25, -0.2) is 9.97 Å². The van der Waals surface area contributed by atoms with Crippen molar-refractivity contribution in [1.82, 2.24) is 29.5 Å². The van der Waals surface area contributed by atoms with Crippen LogP contribution in [0, 0.1) is 11.3 Å². The Morgan fingerprint density at radius 3 is 2.69 bits per heavy atom. The average molecular weight is 523 g/mol. The SMILES string of the molecule is N#Cc1ccc(CCCNc2nc(-c3ccc(Cl)cc3Cl)cc3nc(CN4CCOCC4)nn23)nc1. The Kier molecular flexibility index (Phi) is 7.58. The van der Waals surface area contributed by atoms with Gasteiger partial charge in [0.05, 0.1) is 36.0 Å². The molecule has 1 aliphatic heterocycles. The summed E-state index contributed by atoms with van der Waals surface area (Å²) in [6.45, 7) is 4.44. The third kappa shape index (κ3) is 5.74. The Bertz CT molecular complexity index is 1390. The van der Waals surface area contributed by atoms with Gasteiger partial charge in [0, 0.05) is 48.2 Å². The summed E-state index contributed by atoms with van der Waals surface area (Å²) in [5, 5.41) is 18.2. The molecule has 0 spiro atoms. The quantitative estimate of drug-likeness (QED) is 0.342. The summed E-state index contributed by atoms with van der Waals surface area (Å²) in [6.07, 6.45) is 3.19. The van der Waals surface area contributed by atoms with Crippen LogP contribution in [0.15, 0.2) is 42.6 Å². The molecule has 4 heterocycles. The van der Waals surface area contributed by atoms with Gasteiger partial charge in [0.25, 0.3) is 0 Å². The van der Waals surface area contributed by atoms with Crippen LogP contribution in [0.4, 0.5) is 5.95 Å². The number of hydrogen-bond acceptors (Lipinski definition) is 8. The van der Waals surface area contributed by atoms with E-state index in [1.54, 1.807) is 28.9 Å². The molecule has 0 unspecified atom stereocenters. The third-order valence-corrected chi connectivity index (χ3v) is 6.44. The molecule has 0 aliphatic carbocycles. The number of fused-ring (bicyclic) bond motifs is 1. The smallest absolute Gasteiger partial charge is 0.226 e. The fraction of sp³-hybridized carbons (Fsp3) is 0.320. The number of rotatable bonds is 8. The first-order chi connectivity index (χ1) is 17.6. The highest BCUT2D eigenvalue weighted by Gasteiger charge is 2.17. The number of ether oxygens (including phenoxy) is 1. The van der Waals surface area contributed by atoms with Gasteiger partial charge >= 0.3 is 0 Å². The van der Waals surface area contributed by atoms with E-state index in [-0.39, 0.29) is 0 Å². The minimum Gasteiger partial charge on any atom is -0.379 e. The summed E-state index contributed by atoms with van der Waals surface area (Å²) >= 11 is 12.6. The maximum Gasteiger partial charge on any atom is 0.226 e. The zero-order chi connectivity index (χ0) is 24.9. The highest BCUT2D eigenvalue weighted by molar-refractivity contribution is 6.36. The van der Waals surface area contributed by atoms with Gasteiger partial charge in [0.2, 0.25) is 5.95 Å². The summed E-state index contributed by atoms with van der Waals surface area (Å²) in [7, 11) is 0. The lowest BCUT2D eigenvalue weighted by Crippen LogP contribution is -2.35. The summed E-state index contributed by atoms with van der Waals surface area (Å²) < 4.78 is 7.19. The van der Waals surface area contributed by atoms with Crippen molar-refractivity contribution in [2.45, 2.75) is 19.4 Å². The normalized spacial score (nSPS) is 14.1. The molecular weight excluding hydrogens is 499 g/mol. The van der Waals surface area contributed by atoms with E-state index < -0.39 is 0 Å². The summed E-state index contributed by atoms with van der Waals surface area (Å²) in [5.74, 6) is 1.31. The van der Waals surface area contributed by atoms with Crippen LogP contribution in [0.1, 0.15) is 23.5 Å². The van der Waals surface area contributed by atoms with Crippen LogP contribution in [0.25, 0.3) is 16.9 Å².